The lowest BCUT2D eigenvalue weighted by Crippen LogP contribution is -2.24. The number of esters is 1. The van der Waals surface area contributed by atoms with E-state index in [4.69, 9.17) is 20.2 Å². The SMILES string of the molecule is CCOC(=O)C(C#N)=CC=CN(CCO)CCO. The van der Waals surface area contributed by atoms with Gasteiger partial charge in [-0.3, -0.25) is 0 Å². The Morgan fingerprint density at radius 2 is 2.00 bits per heavy atom. The van der Waals surface area contributed by atoms with Crippen molar-refractivity contribution in [1.82, 2.24) is 4.90 Å². The second-order valence-electron chi connectivity index (χ2n) is 3.24. The van der Waals surface area contributed by atoms with Crippen molar-refractivity contribution in [2.45, 2.75) is 6.92 Å². The van der Waals surface area contributed by atoms with Crippen LogP contribution in [0.4, 0.5) is 0 Å². The van der Waals surface area contributed by atoms with E-state index in [9.17, 15) is 4.79 Å². The van der Waals surface area contributed by atoms with E-state index in [2.05, 4.69) is 0 Å². The maximum absolute atomic E-state index is 11.3. The maximum atomic E-state index is 11.3. The fraction of sp³-hybridized carbons (Fsp3) is 0.500. The molecule has 0 spiro atoms. The van der Waals surface area contributed by atoms with Crippen molar-refractivity contribution < 1.29 is 19.7 Å². The molecule has 0 amide bonds. The molecule has 0 aliphatic rings. The number of aliphatic hydroxyl groups excluding tert-OH is 2. The highest BCUT2D eigenvalue weighted by molar-refractivity contribution is 5.93. The lowest BCUT2D eigenvalue weighted by Gasteiger charge is -2.16. The minimum absolute atomic E-state index is 0.0446. The maximum Gasteiger partial charge on any atom is 0.348 e. The Labute approximate surface area is 106 Å². The number of carbonyl (C=O) groups excluding carboxylic acids is 1. The summed E-state index contributed by atoms with van der Waals surface area (Å²) in [7, 11) is 0. The third-order valence-electron chi connectivity index (χ3n) is 1.95. The molecule has 0 saturated heterocycles. The molecule has 0 aromatic carbocycles. The van der Waals surface area contributed by atoms with Crippen LogP contribution in [0.25, 0.3) is 0 Å². The standard InChI is InChI=1S/C12H18N2O4/c1-2-18-12(17)11(10-13)4-3-5-14(6-8-15)7-9-16/h3-5,15-16H,2,6-9H2,1H3. The monoisotopic (exact) mass is 254 g/mol. The smallest absolute Gasteiger partial charge is 0.348 e. The first-order valence-corrected chi connectivity index (χ1v) is 5.61. The van der Waals surface area contributed by atoms with Gasteiger partial charge < -0.3 is 19.8 Å². The number of ether oxygens (including phenoxy) is 1. The molecule has 18 heavy (non-hydrogen) atoms. The summed E-state index contributed by atoms with van der Waals surface area (Å²) >= 11 is 0. The predicted molar refractivity (Wildman–Crippen MR) is 65.2 cm³/mol. The molecule has 0 bridgehead atoms. The highest BCUT2D eigenvalue weighted by Gasteiger charge is 2.07. The van der Waals surface area contributed by atoms with Crippen molar-refractivity contribution >= 4 is 5.97 Å². The van der Waals surface area contributed by atoms with Crippen molar-refractivity contribution in [3.05, 3.63) is 23.9 Å². The first-order chi connectivity index (χ1) is 8.69. The highest BCUT2D eigenvalue weighted by Crippen LogP contribution is 1.98. The van der Waals surface area contributed by atoms with Gasteiger partial charge in [-0.25, -0.2) is 4.79 Å². The van der Waals surface area contributed by atoms with E-state index < -0.39 is 5.97 Å². The van der Waals surface area contributed by atoms with Gasteiger partial charge in [-0.15, -0.1) is 0 Å². The van der Waals surface area contributed by atoms with E-state index in [0.29, 0.717) is 13.1 Å². The minimum atomic E-state index is -0.666. The van der Waals surface area contributed by atoms with Gasteiger partial charge in [-0.05, 0) is 25.3 Å². The van der Waals surface area contributed by atoms with Gasteiger partial charge in [0.25, 0.3) is 0 Å². The Bertz CT molecular complexity index is 338. The molecule has 100 valence electrons. The number of nitriles is 1. The number of hydrogen-bond donors (Lipinski definition) is 2. The summed E-state index contributed by atoms with van der Waals surface area (Å²) in [6.45, 7) is 2.52. The Morgan fingerprint density at radius 1 is 1.39 bits per heavy atom. The van der Waals surface area contributed by atoms with Crippen molar-refractivity contribution in [3.63, 3.8) is 0 Å². The lowest BCUT2D eigenvalue weighted by molar-refractivity contribution is -0.138. The number of nitrogens with zero attached hydrogens (tertiary/aromatic N) is 2. The Morgan fingerprint density at radius 3 is 2.44 bits per heavy atom. The molecular weight excluding hydrogens is 236 g/mol. The third-order valence-corrected chi connectivity index (χ3v) is 1.95. The van der Waals surface area contributed by atoms with Crippen molar-refractivity contribution in [1.29, 1.82) is 5.26 Å². The predicted octanol–water partition coefficient (Wildman–Crippen LogP) is -0.200. The zero-order valence-corrected chi connectivity index (χ0v) is 10.4. The lowest BCUT2D eigenvalue weighted by atomic mass is 10.2. The topological polar surface area (TPSA) is 93.8 Å². The van der Waals surface area contributed by atoms with Crippen LogP contribution in [0, 0.1) is 11.3 Å². The molecule has 6 heteroatoms. The molecule has 0 aromatic rings. The number of allylic oxidation sites excluding steroid dienone is 2. The normalized spacial score (nSPS) is 11.3. The zero-order valence-electron chi connectivity index (χ0n) is 10.4. The first kappa shape index (κ1) is 16.2. The average Bonchev–Trinajstić information content (AvgIpc) is 2.35. The van der Waals surface area contributed by atoms with Gasteiger partial charge in [-0.2, -0.15) is 5.26 Å². The molecule has 0 rings (SSSR count). The van der Waals surface area contributed by atoms with E-state index in [1.807, 2.05) is 0 Å². The van der Waals surface area contributed by atoms with Gasteiger partial charge in [0.15, 0.2) is 0 Å². The Balaban J connectivity index is 4.54. The fourth-order valence-electron chi connectivity index (χ4n) is 1.14. The quantitative estimate of drug-likeness (QED) is 0.270. The van der Waals surface area contributed by atoms with Gasteiger partial charge >= 0.3 is 5.97 Å². The number of rotatable bonds is 8. The zero-order chi connectivity index (χ0) is 13.8. The largest absolute Gasteiger partial charge is 0.462 e. The second kappa shape index (κ2) is 10.3. The van der Waals surface area contributed by atoms with Gasteiger partial charge in [-0.1, -0.05) is 0 Å². The van der Waals surface area contributed by atoms with Crippen LogP contribution in [0.2, 0.25) is 0 Å². The summed E-state index contributed by atoms with van der Waals surface area (Å²) in [6.07, 6.45) is 4.42. The first-order valence-electron chi connectivity index (χ1n) is 5.61. The molecule has 0 saturated carbocycles. The summed E-state index contributed by atoms with van der Waals surface area (Å²) in [5.74, 6) is -0.666. The summed E-state index contributed by atoms with van der Waals surface area (Å²) in [6, 6.07) is 1.74. The molecule has 0 aromatic heterocycles. The van der Waals surface area contributed by atoms with Crippen LogP contribution < -0.4 is 0 Å². The van der Waals surface area contributed by atoms with Crippen LogP contribution >= 0.6 is 0 Å². The molecule has 0 radical (unpaired) electrons. The molecule has 0 fully saturated rings. The van der Waals surface area contributed by atoms with E-state index >= 15 is 0 Å². The molecule has 2 N–H and O–H groups in total. The van der Waals surface area contributed by atoms with Crippen molar-refractivity contribution in [2.75, 3.05) is 32.9 Å². The summed E-state index contributed by atoms with van der Waals surface area (Å²) in [5, 5.41) is 26.3. The van der Waals surface area contributed by atoms with E-state index in [1.165, 1.54) is 12.2 Å². The third kappa shape index (κ3) is 6.68. The Hall–Kier alpha value is -1.84. The van der Waals surface area contributed by atoms with E-state index in [1.54, 1.807) is 24.1 Å². The number of carbonyl (C=O) groups is 1. The molecule has 0 heterocycles. The molecule has 0 atom stereocenters. The second-order valence-corrected chi connectivity index (χ2v) is 3.24. The van der Waals surface area contributed by atoms with E-state index in [-0.39, 0.29) is 25.4 Å². The minimum Gasteiger partial charge on any atom is -0.462 e. The van der Waals surface area contributed by atoms with E-state index in [0.717, 1.165) is 0 Å². The van der Waals surface area contributed by atoms with Crippen LogP contribution in [0.1, 0.15) is 6.92 Å². The fourth-order valence-corrected chi connectivity index (χ4v) is 1.14. The summed E-state index contributed by atoms with van der Waals surface area (Å²) in [5.41, 5.74) is -0.0963. The van der Waals surface area contributed by atoms with Crippen LogP contribution in [-0.2, 0) is 9.53 Å². The summed E-state index contributed by atoms with van der Waals surface area (Å²) < 4.78 is 4.69. The molecular formula is C12H18N2O4. The van der Waals surface area contributed by atoms with Gasteiger partial charge in [0.1, 0.15) is 11.6 Å². The molecule has 0 aliphatic carbocycles. The van der Waals surface area contributed by atoms with Crippen molar-refractivity contribution in [2.24, 2.45) is 0 Å². The number of hydrogen-bond acceptors (Lipinski definition) is 6. The van der Waals surface area contributed by atoms with Crippen LogP contribution in [0.15, 0.2) is 23.9 Å². The summed E-state index contributed by atoms with van der Waals surface area (Å²) in [4.78, 5) is 12.9. The molecule has 0 unspecified atom stereocenters. The number of aliphatic hydroxyl groups is 2. The van der Waals surface area contributed by atoms with Gasteiger partial charge in [0.2, 0.25) is 0 Å². The van der Waals surface area contributed by atoms with Crippen LogP contribution in [-0.4, -0.2) is 54.0 Å². The molecule has 6 nitrogen and oxygen atoms in total. The average molecular weight is 254 g/mol. The van der Waals surface area contributed by atoms with Gasteiger partial charge in [0.05, 0.1) is 19.8 Å². The van der Waals surface area contributed by atoms with Gasteiger partial charge in [0, 0.05) is 13.1 Å². The Kier molecular flexibility index (Phi) is 9.27. The molecule has 0 aliphatic heterocycles. The van der Waals surface area contributed by atoms with Crippen LogP contribution in [0.5, 0.6) is 0 Å². The van der Waals surface area contributed by atoms with Crippen molar-refractivity contribution in [3.8, 4) is 6.07 Å². The van der Waals surface area contributed by atoms with Crippen LogP contribution in [0.3, 0.4) is 0 Å². The highest BCUT2D eigenvalue weighted by atomic mass is 16.5.